The highest BCUT2D eigenvalue weighted by Crippen LogP contribution is 2.41. The topological polar surface area (TPSA) is 72.2 Å². The number of benzene rings is 2. The smallest absolute Gasteiger partial charge is 0.175 e. The molecule has 0 aliphatic carbocycles. The van der Waals surface area contributed by atoms with E-state index in [4.69, 9.17) is 17.3 Å². The Hall–Kier alpha value is -1.46. The van der Waals surface area contributed by atoms with Crippen LogP contribution >= 0.6 is 11.6 Å². The molecule has 6 heteroatoms. The van der Waals surface area contributed by atoms with Crippen molar-refractivity contribution in [2.45, 2.75) is 10.8 Å². The second-order valence-corrected chi connectivity index (χ2v) is 7.46. The van der Waals surface area contributed by atoms with Crippen LogP contribution in [0.5, 0.6) is 0 Å². The molecule has 4 nitrogen and oxygen atoms in total. The van der Waals surface area contributed by atoms with Gasteiger partial charge in [0.1, 0.15) is 0 Å². The maximum Gasteiger partial charge on any atom is 0.175 e. The molecular weight excluding hydrogens is 296 g/mol. The van der Waals surface area contributed by atoms with Gasteiger partial charge in [-0.3, -0.25) is 0 Å². The molecule has 2 aromatic rings. The quantitative estimate of drug-likeness (QED) is 0.660. The lowest BCUT2D eigenvalue weighted by molar-refractivity contribution is 0.602. The highest BCUT2D eigenvalue weighted by Gasteiger charge is 2.25. The zero-order valence-corrected chi connectivity index (χ0v) is 12.6. The van der Waals surface area contributed by atoms with E-state index in [2.05, 4.69) is 5.32 Å². The van der Waals surface area contributed by atoms with Crippen molar-refractivity contribution in [3.05, 3.63) is 29.8 Å². The highest BCUT2D eigenvalue weighted by molar-refractivity contribution is 7.90. The first-order valence-electron chi connectivity index (χ1n) is 6.28. The van der Waals surface area contributed by atoms with E-state index in [1.807, 2.05) is 12.1 Å². The minimum atomic E-state index is -3.24. The fourth-order valence-corrected chi connectivity index (χ4v) is 3.65. The summed E-state index contributed by atoms with van der Waals surface area (Å²) < 4.78 is 23.3. The summed E-state index contributed by atoms with van der Waals surface area (Å²) in [6.07, 6.45) is 1.20. The van der Waals surface area contributed by atoms with Crippen LogP contribution in [0.25, 0.3) is 10.8 Å². The van der Waals surface area contributed by atoms with Gasteiger partial charge in [-0.15, -0.1) is 11.6 Å². The molecule has 1 heterocycles. The molecular formula is C14H15ClN2O2S. The molecule has 3 rings (SSSR count). The SMILES string of the molecule is CS(=O)(=O)c1ccc2c3c(cc(N)c2c1)NCC3CCl. The first-order valence-corrected chi connectivity index (χ1v) is 8.70. The van der Waals surface area contributed by atoms with Gasteiger partial charge in [-0.2, -0.15) is 0 Å². The number of rotatable bonds is 2. The molecule has 0 bridgehead atoms. The Morgan fingerprint density at radius 3 is 2.75 bits per heavy atom. The van der Waals surface area contributed by atoms with Crippen LogP contribution in [-0.2, 0) is 9.84 Å². The Labute approximate surface area is 122 Å². The van der Waals surface area contributed by atoms with Gasteiger partial charge in [0.05, 0.1) is 4.90 Å². The van der Waals surface area contributed by atoms with Crippen LogP contribution in [0.15, 0.2) is 29.2 Å². The second kappa shape index (κ2) is 4.53. The zero-order chi connectivity index (χ0) is 14.5. The van der Waals surface area contributed by atoms with Gasteiger partial charge < -0.3 is 11.1 Å². The average molecular weight is 311 g/mol. The van der Waals surface area contributed by atoms with Crippen LogP contribution in [0.4, 0.5) is 11.4 Å². The molecule has 1 atom stereocenters. The van der Waals surface area contributed by atoms with Crippen molar-refractivity contribution in [1.82, 2.24) is 0 Å². The Morgan fingerprint density at radius 2 is 2.10 bits per heavy atom. The van der Waals surface area contributed by atoms with E-state index in [0.717, 1.165) is 28.6 Å². The van der Waals surface area contributed by atoms with Crippen molar-refractivity contribution in [3.63, 3.8) is 0 Å². The lowest BCUT2D eigenvalue weighted by Gasteiger charge is -2.13. The van der Waals surface area contributed by atoms with Gasteiger partial charge in [0, 0.05) is 41.4 Å². The lowest BCUT2D eigenvalue weighted by atomic mass is 9.95. The van der Waals surface area contributed by atoms with Gasteiger partial charge >= 0.3 is 0 Å². The molecule has 1 unspecified atom stereocenters. The molecule has 2 aromatic carbocycles. The van der Waals surface area contributed by atoms with E-state index in [1.54, 1.807) is 12.1 Å². The molecule has 1 aliphatic rings. The van der Waals surface area contributed by atoms with Gasteiger partial charge in [-0.05, 0) is 29.1 Å². The highest BCUT2D eigenvalue weighted by atomic mass is 35.5. The van der Waals surface area contributed by atoms with Crippen molar-refractivity contribution in [1.29, 1.82) is 0 Å². The van der Waals surface area contributed by atoms with Crippen LogP contribution in [0, 0.1) is 0 Å². The molecule has 106 valence electrons. The number of hydrogen-bond acceptors (Lipinski definition) is 4. The molecule has 0 spiro atoms. The minimum Gasteiger partial charge on any atom is -0.398 e. The maximum absolute atomic E-state index is 11.7. The number of anilines is 2. The predicted molar refractivity (Wildman–Crippen MR) is 83.4 cm³/mol. The number of alkyl halides is 1. The molecule has 0 aromatic heterocycles. The summed E-state index contributed by atoms with van der Waals surface area (Å²) in [5.74, 6) is 0.742. The van der Waals surface area contributed by atoms with E-state index in [-0.39, 0.29) is 10.8 Å². The third-order valence-corrected chi connectivity index (χ3v) is 5.23. The molecule has 0 saturated carbocycles. The Kier molecular flexibility index (Phi) is 3.06. The summed E-state index contributed by atoms with van der Waals surface area (Å²) >= 11 is 6.01. The van der Waals surface area contributed by atoms with E-state index < -0.39 is 9.84 Å². The number of nitrogens with two attached hydrogens (primary N) is 1. The van der Waals surface area contributed by atoms with Crippen LogP contribution in [0.1, 0.15) is 11.5 Å². The number of nitrogens with one attached hydrogen (secondary N) is 1. The third-order valence-electron chi connectivity index (χ3n) is 3.74. The van der Waals surface area contributed by atoms with Crippen molar-refractivity contribution in [2.24, 2.45) is 0 Å². The largest absolute Gasteiger partial charge is 0.398 e. The first-order chi connectivity index (χ1) is 9.41. The Balaban J connectivity index is 2.34. The number of sulfone groups is 1. The van der Waals surface area contributed by atoms with Crippen LogP contribution in [0.2, 0.25) is 0 Å². The predicted octanol–water partition coefficient (Wildman–Crippen LogP) is 2.57. The van der Waals surface area contributed by atoms with Crippen LogP contribution < -0.4 is 11.1 Å². The van der Waals surface area contributed by atoms with Gasteiger partial charge in [0.25, 0.3) is 0 Å². The fraction of sp³-hybridized carbons (Fsp3) is 0.286. The minimum absolute atomic E-state index is 0.221. The van der Waals surface area contributed by atoms with E-state index in [9.17, 15) is 8.42 Å². The number of nitrogen functional groups attached to an aromatic ring is 1. The summed E-state index contributed by atoms with van der Waals surface area (Å²) in [6, 6.07) is 6.95. The van der Waals surface area contributed by atoms with Crippen molar-refractivity contribution in [2.75, 3.05) is 29.7 Å². The number of hydrogen-bond donors (Lipinski definition) is 2. The third kappa shape index (κ3) is 2.01. The molecule has 0 fully saturated rings. The standard InChI is InChI=1S/C14H15ClN2O2S/c1-20(18,19)9-2-3-10-11(4-9)12(16)5-13-14(10)8(6-15)7-17-13/h2-5,8,17H,6-7,16H2,1H3. The second-order valence-electron chi connectivity index (χ2n) is 5.14. The fourth-order valence-electron chi connectivity index (χ4n) is 2.74. The Morgan fingerprint density at radius 1 is 1.35 bits per heavy atom. The summed E-state index contributed by atoms with van der Waals surface area (Å²) in [5, 5.41) is 5.04. The molecule has 3 N–H and O–H groups in total. The van der Waals surface area contributed by atoms with Crippen LogP contribution in [-0.4, -0.2) is 27.1 Å². The van der Waals surface area contributed by atoms with Gasteiger partial charge in [0.15, 0.2) is 9.84 Å². The average Bonchev–Trinajstić information content (AvgIpc) is 2.80. The normalized spacial score (nSPS) is 18.0. The monoisotopic (exact) mass is 310 g/mol. The molecule has 0 saturated heterocycles. The van der Waals surface area contributed by atoms with E-state index in [1.165, 1.54) is 6.26 Å². The van der Waals surface area contributed by atoms with Gasteiger partial charge in [0.2, 0.25) is 0 Å². The first kappa shape index (κ1) is 13.5. The summed E-state index contributed by atoms with van der Waals surface area (Å²) in [7, 11) is -3.24. The number of fused-ring (bicyclic) bond motifs is 3. The summed E-state index contributed by atoms with van der Waals surface area (Å²) in [6.45, 7) is 0.783. The van der Waals surface area contributed by atoms with Crippen LogP contribution in [0.3, 0.4) is 0 Å². The van der Waals surface area contributed by atoms with Crippen molar-refractivity contribution >= 4 is 43.6 Å². The van der Waals surface area contributed by atoms with E-state index >= 15 is 0 Å². The molecule has 0 radical (unpaired) electrons. The molecule has 1 aliphatic heterocycles. The molecule has 0 amide bonds. The van der Waals surface area contributed by atoms with E-state index in [0.29, 0.717) is 11.6 Å². The number of halogens is 1. The van der Waals surface area contributed by atoms with Gasteiger partial charge in [-0.1, -0.05) is 6.07 Å². The van der Waals surface area contributed by atoms with Gasteiger partial charge in [-0.25, -0.2) is 8.42 Å². The zero-order valence-electron chi connectivity index (χ0n) is 11.0. The Bertz CT molecular complexity index is 802. The summed E-state index contributed by atoms with van der Waals surface area (Å²) in [4.78, 5) is 0.282. The van der Waals surface area contributed by atoms with Crippen molar-refractivity contribution < 1.29 is 8.42 Å². The molecule has 20 heavy (non-hydrogen) atoms. The maximum atomic E-state index is 11.7. The lowest BCUT2D eigenvalue weighted by Crippen LogP contribution is -2.03. The summed E-state index contributed by atoms with van der Waals surface area (Å²) in [5.41, 5.74) is 8.76. The van der Waals surface area contributed by atoms with Crippen molar-refractivity contribution in [3.8, 4) is 0 Å².